The number of ether oxygens (including phenoxy) is 2. The SMILES string of the molecule is CSc1nn(CC(=O)Nc2ccccc2C)c(N)c1-c1nc(-c2ccc3c(c2)OCO3)no1. The second-order valence-electron chi connectivity index (χ2n) is 7.28. The normalized spacial score (nSPS) is 12.2. The lowest BCUT2D eigenvalue weighted by atomic mass is 10.2. The van der Waals surface area contributed by atoms with Crippen LogP contribution in [-0.4, -0.2) is 38.9 Å². The average molecular weight is 465 g/mol. The van der Waals surface area contributed by atoms with E-state index in [1.54, 1.807) is 12.1 Å². The minimum absolute atomic E-state index is 0.0586. The van der Waals surface area contributed by atoms with Gasteiger partial charge in [0.15, 0.2) is 11.5 Å². The first-order valence-corrected chi connectivity index (χ1v) is 11.3. The maximum Gasteiger partial charge on any atom is 0.264 e. The number of thioether (sulfide) groups is 1. The zero-order chi connectivity index (χ0) is 22.9. The highest BCUT2D eigenvalue weighted by molar-refractivity contribution is 7.98. The number of para-hydroxylation sites is 1. The summed E-state index contributed by atoms with van der Waals surface area (Å²) in [6, 6.07) is 12.9. The van der Waals surface area contributed by atoms with Crippen LogP contribution in [0.15, 0.2) is 52.0 Å². The molecule has 1 amide bonds. The Balaban J connectivity index is 1.40. The minimum Gasteiger partial charge on any atom is -0.454 e. The Kier molecular flexibility index (Phi) is 5.38. The number of benzene rings is 2. The number of carbonyl (C=O) groups excluding carboxylic acids is 1. The fourth-order valence-electron chi connectivity index (χ4n) is 3.43. The standard InChI is InChI=1S/C22H20N6O4S/c1-12-5-3-4-6-14(12)24-17(29)10-28-19(23)18(22(26-28)33-2)21-25-20(27-32-21)13-7-8-15-16(9-13)31-11-30-15/h3-9H,10-11,23H2,1-2H3,(H,24,29). The van der Waals surface area contributed by atoms with Crippen molar-refractivity contribution in [2.45, 2.75) is 18.5 Å². The number of anilines is 2. The van der Waals surface area contributed by atoms with Gasteiger partial charge in [-0.3, -0.25) is 4.79 Å². The van der Waals surface area contributed by atoms with Gasteiger partial charge in [-0.2, -0.15) is 10.1 Å². The monoisotopic (exact) mass is 464 g/mol. The van der Waals surface area contributed by atoms with Gasteiger partial charge in [-0.25, -0.2) is 4.68 Å². The minimum atomic E-state index is -0.246. The molecule has 0 aliphatic carbocycles. The first-order valence-electron chi connectivity index (χ1n) is 10.0. The number of aryl methyl sites for hydroxylation is 1. The summed E-state index contributed by atoms with van der Waals surface area (Å²) in [5.74, 6) is 1.90. The van der Waals surface area contributed by atoms with Gasteiger partial charge >= 0.3 is 0 Å². The number of nitrogens with one attached hydrogen (secondary N) is 1. The largest absolute Gasteiger partial charge is 0.454 e. The molecule has 0 radical (unpaired) electrons. The molecule has 1 aliphatic rings. The molecule has 0 unspecified atom stereocenters. The summed E-state index contributed by atoms with van der Waals surface area (Å²) < 4.78 is 17.7. The molecular weight excluding hydrogens is 444 g/mol. The average Bonchev–Trinajstić information content (AvgIpc) is 3.54. The summed E-state index contributed by atoms with van der Waals surface area (Å²) in [4.78, 5) is 17.1. The molecule has 0 spiro atoms. The van der Waals surface area contributed by atoms with E-state index in [1.807, 2.05) is 43.5 Å². The van der Waals surface area contributed by atoms with Crippen LogP contribution < -0.4 is 20.5 Å². The number of hydrogen-bond acceptors (Lipinski definition) is 9. The Labute approximate surface area is 193 Å². The molecule has 168 valence electrons. The van der Waals surface area contributed by atoms with Crippen molar-refractivity contribution in [1.82, 2.24) is 19.9 Å². The van der Waals surface area contributed by atoms with Crippen molar-refractivity contribution in [1.29, 1.82) is 0 Å². The maximum absolute atomic E-state index is 12.6. The number of nitrogens with two attached hydrogens (primary N) is 1. The fourth-order valence-corrected chi connectivity index (χ4v) is 4.01. The summed E-state index contributed by atoms with van der Waals surface area (Å²) in [5, 5.41) is 12.0. The first kappa shape index (κ1) is 20.9. The highest BCUT2D eigenvalue weighted by atomic mass is 32.2. The summed E-state index contributed by atoms with van der Waals surface area (Å²) in [5.41, 5.74) is 9.25. The van der Waals surface area contributed by atoms with Crippen LogP contribution in [0.5, 0.6) is 11.5 Å². The van der Waals surface area contributed by atoms with Crippen LogP contribution in [-0.2, 0) is 11.3 Å². The molecule has 4 aromatic rings. The number of fused-ring (bicyclic) bond motifs is 1. The number of hydrogen-bond donors (Lipinski definition) is 2. The predicted molar refractivity (Wildman–Crippen MR) is 123 cm³/mol. The molecule has 33 heavy (non-hydrogen) atoms. The van der Waals surface area contributed by atoms with E-state index < -0.39 is 0 Å². The summed E-state index contributed by atoms with van der Waals surface area (Å²) >= 11 is 1.37. The molecular formula is C22H20N6O4S. The summed E-state index contributed by atoms with van der Waals surface area (Å²) in [7, 11) is 0. The van der Waals surface area contributed by atoms with Gasteiger partial charge in [0.1, 0.15) is 23.0 Å². The van der Waals surface area contributed by atoms with Crippen molar-refractivity contribution in [3.8, 4) is 34.3 Å². The quantitative estimate of drug-likeness (QED) is 0.411. The molecule has 0 atom stereocenters. The van der Waals surface area contributed by atoms with E-state index >= 15 is 0 Å². The van der Waals surface area contributed by atoms with Crippen molar-refractivity contribution in [2.24, 2.45) is 0 Å². The number of nitrogen functional groups attached to an aromatic ring is 1. The molecule has 1 aliphatic heterocycles. The Hall–Kier alpha value is -3.99. The molecule has 0 saturated heterocycles. The van der Waals surface area contributed by atoms with Crippen LogP contribution in [0.1, 0.15) is 5.56 Å². The van der Waals surface area contributed by atoms with Crippen LogP contribution in [0, 0.1) is 6.92 Å². The second kappa shape index (κ2) is 8.51. The van der Waals surface area contributed by atoms with E-state index in [4.69, 9.17) is 19.7 Å². The van der Waals surface area contributed by atoms with Gasteiger partial charge in [0.2, 0.25) is 18.5 Å². The zero-order valence-electron chi connectivity index (χ0n) is 17.9. The third-order valence-electron chi connectivity index (χ3n) is 5.14. The molecule has 0 bridgehead atoms. The molecule has 0 fully saturated rings. The highest BCUT2D eigenvalue weighted by Gasteiger charge is 2.24. The smallest absolute Gasteiger partial charge is 0.264 e. The number of nitrogens with zero attached hydrogens (tertiary/aromatic N) is 4. The van der Waals surface area contributed by atoms with E-state index in [0.717, 1.165) is 11.3 Å². The predicted octanol–water partition coefficient (Wildman–Crippen LogP) is 3.58. The van der Waals surface area contributed by atoms with Crippen molar-refractivity contribution < 1.29 is 18.8 Å². The van der Waals surface area contributed by atoms with Crippen molar-refractivity contribution in [3.63, 3.8) is 0 Å². The van der Waals surface area contributed by atoms with Crippen LogP contribution in [0.4, 0.5) is 11.5 Å². The van der Waals surface area contributed by atoms with Crippen molar-refractivity contribution >= 4 is 29.2 Å². The topological polar surface area (TPSA) is 130 Å². The lowest BCUT2D eigenvalue weighted by molar-refractivity contribution is -0.116. The first-order chi connectivity index (χ1) is 16.0. The van der Waals surface area contributed by atoms with Crippen LogP contribution >= 0.6 is 11.8 Å². The molecule has 10 nitrogen and oxygen atoms in total. The van der Waals surface area contributed by atoms with Crippen molar-refractivity contribution in [3.05, 3.63) is 48.0 Å². The maximum atomic E-state index is 12.6. The van der Waals surface area contributed by atoms with Gasteiger partial charge in [0.05, 0.1) is 0 Å². The van der Waals surface area contributed by atoms with E-state index in [9.17, 15) is 4.79 Å². The van der Waals surface area contributed by atoms with Gasteiger partial charge in [-0.15, -0.1) is 11.8 Å². The fraction of sp³-hybridized carbons (Fsp3) is 0.182. The van der Waals surface area contributed by atoms with E-state index in [0.29, 0.717) is 33.5 Å². The van der Waals surface area contributed by atoms with Gasteiger partial charge < -0.3 is 25.0 Å². The molecule has 5 rings (SSSR count). The van der Waals surface area contributed by atoms with E-state index in [1.165, 1.54) is 16.4 Å². The molecule has 3 N–H and O–H groups in total. The lowest BCUT2D eigenvalue weighted by Gasteiger charge is -2.08. The summed E-state index contributed by atoms with van der Waals surface area (Å²) in [6.07, 6.45) is 1.86. The Morgan fingerprint density at radius 2 is 2.03 bits per heavy atom. The van der Waals surface area contributed by atoms with Crippen molar-refractivity contribution in [2.75, 3.05) is 24.1 Å². The highest BCUT2D eigenvalue weighted by Crippen LogP contribution is 2.37. The second-order valence-corrected chi connectivity index (χ2v) is 8.08. The number of rotatable bonds is 6. The lowest BCUT2D eigenvalue weighted by Crippen LogP contribution is -2.21. The number of carbonyl (C=O) groups is 1. The number of amides is 1. The molecule has 0 saturated carbocycles. The van der Waals surface area contributed by atoms with Gasteiger partial charge in [0.25, 0.3) is 5.89 Å². The number of aromatic nitrogens is 4. The molecule has 3 heterocycles. The summed E-state index contributed by atoms with van der Waals surface area (Å²) in [6.45, 7) is 2.05. The third-order valence-corrected chi connectivity index (χ3v) is 5.81. The van der Waals surface area contributed by atoms with Gasteiger partial charge in [0, 0.05) is 11.3 Å². The Morgan fingerprint density at radius 1 is 1.21 bits per heavy atom. The van der Waals surface area contributed by atoms with E-state index in [-0.39, 0.29) is 31.0 Å². The molecule has 2 aromatic heterocycles. The van der Waals surface area contributed by atoms with E-state index in [2.05, 4.69) is 20.6 Å². The molecule has 2 aromatic carbocycles. The van der Waals surface area contributed by atoms with Gasteiger partial charge in [-0.1, -0.05) is 23.4 Å². The van der Waals surface area contributed by atoms with Gasteiger partial charge in [-0.05, 0) is 43.0 Å². The Bertz CT molecular complexity index is 1350. The Morgan fingerprint density at radius 3 is 2.85 bits per heavy atom. The van der Waals surface area contributed by atoms with Crippen LogP contribution in [0.2, 0.25) is 0 Å². The van der Waals surface area contributed by atoms with Crippen LogP contribution in [0.25, 0.3) is 22.8 Å². The zero-order valence-corrected chi connectivity index (χ0v) is 18.7. The third kappa shape index (κ3) is 3.98. The van der Waals surface area contributed by atoms with Crippen LogP contribution in [0.3, 0.4) is 0 Å². The molecule has 11 heteroatoms.